The largest absolute Gasteiger partial charge is 0.465 e. The average Bonchev–Trinajstić information content (AvgIpc) is 1.19. The molecule has 0 unspecified atom stereocenters. The number of nitrogens with two attached hydrogens (primary N) is 3. The maximum atomic E-state index is 9.19. The summed E-state index contributed by atoms with van der Waals surface area (Å²) in [7, 11) is -3.67. The van der Waals surface area contributed by atoms with Crippen LogP contribution in [0.5, 0.6) is 0 Å². The molecule has 0 aliphatic rings. The Bertz CT molecular complexity index is 158. The molecule has 0 aliphatic carbocycles. The van der Waals surface area contributed by atoms with E-state index in [-0.39, 0.29) is 0 Å². The molecule has 8 heteroatoms. The van der Waals surface area contributed by atoms with Gasteiger partial charge in [-0.15, -0.1) is 0 Å². The van der Waals surface area contributed by atoms with E-state index in [1.54, 1.807) is 0 Å². The second-order valence-corrected chi connectivity index (χ2v) is 2.11. The third-order valence-corrected chi connectivity index (χ3v) is 0. The van der Waals surface area contributed by atoms with E-state index >= 15 is 0 Å². The lowest BCUT2D eigenvalue weighted by molar-refractivity contribution is 0.205. The molecule has 0 spiro atoms. The minimum absolute atomic E-state index is 1.33. The van der Waals surface area contributed by atoms with Gasteiger partial charge in [-0.2, -0.15) is 8.42 Å². The van der Waals surface area contributed by atoms with Crippen LogP contribution in [0.15, 0.2) is 0 Å². The highest BCUT2D eigenvalue weighted by atomic mass is 32.2. The van der Waals surface area contributed by atoms with E-state index in [1.807, 2.05) is 0 Å². The van der Waals surface area contributed by atoms with E-state index in [2.05, 4.69) is 16.0 Å². The molecule has 7 N–H and O–H groups in total. The van der Waals surface area contributed by atoms with E-state index in [0.29, 0.717) is 0 Å². The van der Waals surface area contributed by atoms with Crippen molar-refractivity contribution in [3.05, 3.63) is 0 Å². The zero-order valence-electron chi connectivity index (χ0n) is 4.31. The maximum Gasteiger partial charge on any atom is 0.402 e. The Kier molecular flexibility index (Phi) is 4.97. The van der Waals surface area contributed by atoms with Crippen molar-refractivity contribution in [3.8, 4) is 0 Å². The molecule has 0 bridgehead atoms. The maximum absolute atomic E-state index is 9.19. The minimum Gasteiger partial charge on any atom is -0.465 e. The molecule has 0 aromatic carbocycles. The monoisotopic (exact) mass is 157 g/mol. The summed E-state index contributed by atoms with van der Waals surface area (Å²) < 4.78 is 18.4. The number of carbonyl (C=O) groups is 1. The van der Waals surface area contributed by atoms with E-state index < -0.39 is 16.3 Å². The first kappa shape index (κ1) is 11.0. The van der Waals surface area contributed by atoms with Crippen LogP contribution in [0.2, 0.25) is 0 Å². The molecule has 56 valence electrons. The third kappa shape index (κ3) is 255. The van der Waals surface area contributed by atoms with Crippen LogP contribution < -0.4 is 16.0 Å². The first-order valence-corrected chi connectivity index (χ1v) is 3.13. The summed E-state index contributed by atoms with van der Waals surface area (Å²) in [5, 5.41) is 15.4. The Morgan fingerprint density at radius 2 is 1.33 bits per heavy atom. The first-order valence-electron chi connectivity index (χ1n) is 1.52. The number of hydrogen-bond acceptors (Lipinski definition) is 3. The molecular formula is CH7N3O4S. The fourth-order valence-corrected chi connectivity index (χ4v) is 0. The molecular weight excluding hydrogens is 150 g/mol. The van der Waals surface area contributed by atoms with Crippen molar-refractivity contribution in [1.29, 1.82) is 0 Å². The number of hydrogen-bond donors (Lipinski definition) is 4. The van der Waals surface area contributed by atoms with Crippen LogP contribution >= 0.6 is 0 Å². The molecule has 0 saturated carbocycles. The van der Waals surface area contributed by atoms with Gasteiger partial charge in [-0.3, -0.25) is 0 Å². The summed E-state index contributed by atoms with van der Waals surface area (Å²) in [6.07, 6.45) is -1.33. The standard InChI is InChI=1S/CH3NO2.H4N2O2S/c2-1(3)4;1-5(2,3)4/h2H2,(H,3,4);(H4,1,2,3,4). The number of carboxylic acid groups (broad SMARTS) is 1. The van der Waals surface area contributed by atoms with Crippen molar-refractivity contribution in [2.75, 3.05) is 0 Å². The molecule has 1 amide bonds. The Morgan fingerprint density at radius 1 is 1.33 bits per heavy atom. The lowest BCUT2D eigenvalue weighted by atomic mass is 11.3. The van der Waals surface area contributed by atoms with E-state index in [1.165, 1.54) is 0 Å². The van der Waals surface area contributed by atoms with Gasteiger partial charge in [-0.25, -0.2) is 15.1 Å². The topological polar surface area (TPSA) is 150 Å². The quantitative estimate of drug-likeness (QED) is 0.314. The van der Waals surface area contributed by atoms with Crippen molar-refractivity contribution in [2.45, 2.75) is 0 Å². The summed E-state index contributed by atoms with van der Waals surface area (Å²) in [4.78, 5) is 8.78. The average molecular weight is 157 g/mol. The molecule has 0 atom stereocenters. The van der Waals surface area contributed by atoms with Crippen molar-refractivity contribution in [1.82, 2.24) is 0 Å². The molecule has 0 aromatic rings. The van der Waals surface area contributed by atoms with Gasteiger partial charge in [0.05, 0.1) is 0 Å². The zero-order valence-corrected chi connectivity index (χ0v) is 5.13. The van der Waals surface area contributed by atoms with Gasteiger partial charge in [0.2, 0.25) is 0 Å². The predicted octanol–water partition coefficient (Wildman–Crippen LogP) is -2.23. The van der Waals surface area contributed by atoms with Gasteiger partial charge >= 0.3 is 6.09 Å². The van der Waals surface area contributed by atoms with Gasteiger partial charge in [0.25, 0.3) is 10.2 Å². The number of rotatable bonds is 0. The lowest BCUT2D eigenvalue weighted by Crippen LogP contribution is -2.21. The van der Waals surface area contributed by atoms with Crippen molar-refractivity contribution in [3.63, 3.8) is 0 Å². The third-order valence-electron chi connectivity index (χ3n) is 0. The lowest BCUT2D eigenvalue weighted by Gasteiger charge is -1.72. The van der Waals surface area contributed by atoms with Gasteiger partial charge in [-0.1, -0.05) is 0 Å². The second kappa shape index (κ2) is 4.06. The molecule has 0 aliphatic heterocycles. The Labute approximate surface area is 51.6 Å². The second-order valence-electron chi connectivity index (χ2n) is 0.927. The van der Waals surface area contributed by atoms with Crippen LogP contribution in [0.4, 0.5) is 4.79 Å². The van der Waals surface area contributed by atoms with Crippen molar-refractivity contribution in [2.24, 2.45) is 16.0 Å². The van der Waals surface area contributed by atoms with Crippen LogP contribution in [0.25, 0.3) is 0 Å². The van der Waals surface area contributed by atoms with E-state index in [4.69, 9.17) is 9.90 Å². The van der Waals surface area contributed by atoms with Crippen molar-refractivity contribution >= 4 is 16.3 Å². The van der Waals surface area contributed by atoms with Crippen LogP contribution in [-0.2, 0) is 10.2 Å². The SMILES string of the molecule is NC(=O)O.NS(N)(=O)=O. The predicted molar refractivity (Wildman–Crippen MR) is 29.5 cm³/mol. The highest BCUT2D eigenvalue weighted by Crippen LogP contribution is 1.40. The van der Waals surface area contributed by atoms with Gasteiger partial charge in [-0.05, 0) is 0 Å². The van der Waals surface area contributed by atoms with Crippen LogP contribution in [0.3, 0.4) is 0 Å². The van der Waals surface area contributed by atoms with Gasteiger partial charge in [0.15, 0.2) is 0 Å². The van der Waals surface area contributed by atoms with Crippen LogP contribution in [0.1, 0.15) is 0 Å². The molecule has 0 aromatic heterocycles. The first-order chi connectivity index (χ1) is 3.73. The Hall–Kier alpha value is -0.860. The van der Waals surface area contributed by atoms with Crippen LogP contribution in [-0.4, -0.2) is 19.6 Å². The molecule has 0 radical (unpaired) electrons. The number of amides is 1. The van der Waals surface area contributed by atoms with E-state index in [0.717, 1.165) is 0 Å². The van der Waals surface area contributed by atoms with Crippen LogP contribution in [0, 0.1) is 0 Å². The summed E-state index contributed by atoms with van der Waals surface area (Å²) in [5.41, 5.74) is 4.03. The Balaban J connectivity index is 0. The highest BCUT2D eigenvalue weighted by molar-refractivity contribution is 7.86. The molecule has 9 heavy (non-hydrogen) atoms. The molecule has 0 fully saturated rings. The van der Waals surface area contributed by atoms with Gasteiger partial charge in [0, 0.05) is 0 Å². The summed E-state index contributed by atoms with van der Waals surface area (Å²) >= 11 is 0. The molecule has 0 heterocycles. The zero-order chi connectivity index (χ0) is 8.08. The fraction of sp³-hybridized carbons (Fsp3) is 0. The fourth-order valence-electron chi connectivity index (χ4n) is 0. The summed E-state index contributed by atoms with van der Waals surface area (Å²) in [5.74, 6) is 0. The molecule has 0 rings (SSSR count). The van der Waals surface area contributed by atoms with E-state index in [9.17, 15) is 8.42 Å². The normalized spacial score (nSPS) is 9.11. The smallest absolute Gasteiger partial charge is 0.402 e. The van der Waals surface area contributed by atoms with Gasteiger partial charge < -0.3 is 10.8 Å². The highest BCUT2D eigenvalue weighted by Gasteiger charge is 1.78. The minimum atomic E-state index is -3.67. The van der Waals surface area contributed by atoms with Gasteiger partial charge in [0.1, 0.15) is 0 Å². The Morgan fingerprint density at radius 3 is 1.33 bits per heavy atom. The summed E-state index contributed by atoms with van der Waals surface area (Å²) in [6.45, 7) is 0. The molecule has 7 nitrogen and oxygen atoms in total. The number of primary amides is 1. The summed E-state index contributed by atoms with van der Waals surface area (Å²) in [6, 6.07) is 0. The molecule has 0 saturated heterocycles. The van der Waals surface area contributed by atoms with Crippen molar-refractivity contribution < 1.29 is 18.3 Å².